The zero-order chi connectivity index (χ0) is 15.9. The molecule has 2 aliphatic heterocycles. The van der Waals surface area contributed by atoms with Crippen LogP contribution >= 0.6 is 0 Å². The molecule has 0 amide bonds. The first-order valence-electron chi connectivity index (χ1n) is 8.94. The SMILES string of the molecule is c1ccc2oc(N3CCC[C@H]3c3nnc4n3CCCCC4)nc2c1. The highest BCUT2D eigenvalue weighted by Gasteiger charge is 2.34. The Morgan fingerprint density at radius 2 is 1.96 bits per heavy atom. The van der Waals surface area contributed by atoms with E-state index in [4.69, 9.17) is 4.42 Å². The van der Waals surface area contributed by atoms with Crippen LogP contribution in [0.5, 0.6) is 0 Å². The van der Waals surface area contributed by atoms with E-state index in [1.165, 1.54) is 19.3 Å². The van der Waals surface area contributed by atoms with Crippen LogP contribution in [0.2, 0.25) is 0 Å². The standard InChI is InChI=1S/C18H21N5O/c1-2-10-16-20-21-17(23(16)11-5-1)14-8-6-12-22(14)18-19-13-7-3-4-9-15(13)24-18/h3-4,7,9,14H,1-2,5-6,8,10-12H2/t14-/m0/s1. The highest BCUT2D eigenvalue weighted by Crippen LogP contribution is 2.36. The normalized spacial score (nSPS) is 21.2. The van der Waals surface area contributed by atoms with Crippen LogP contribution in [0.25, 0.3) is 11.1 Å². The van der Waals surface area contributed by atoms with Crippen molar-refractivity contribution >= 4 is 17.1 Å². The van der Waals surface area contributed by atoms with Gasteiger partial charge in [0.05, 0.1) is 6.04 Å². The third-order valence-corrected chi connectivity index (χ3v) is 5.22. The fraction of sp³-hybridized carbons (Fsp3) is 0.500. The summed E-state index contributed by atoms with van der Waals surface area (Å²) in [5, 5.41) is 9.02. The van der Waals surface area contributed by atoms with Crippen molar-refractivity contribution in [1.29, 1.82) is 0 Å². The second-order valence-electron chi connectivity index (χ2n) is 6.75. The van der Waals surface area contributed by atoms with E-state index in [1.54, 1.807) is 0 Å². The van der Waals surface area contributed by atoms with Crippen molar-refractivity contribution in [2.75, 3.05) is 11.4 Å². The molecule has 2 aliphatic rings. The van der Waals surface area contributed by atoms with E-state index in [9.17, 15) is 0 Å². The van der Waals surface area contributed by atoms with Crippen LogP contribution in [-0.2, 0) is 13.0 Å². The topological polar surface area (TPSA) is 60.0 Å². The molecule has 0 unspecified atom stereocenters. The minimum Gasteiger partial charge on any atom is -0.423 e. The zero-order valence-electron chi connectivity index (χ0n) is 13.7. The van der Waals surface area contributed by atoms with Crippen molar-refractivity contribution in [3.05, 3.63) is 35.9 Å². The quantitative estimate of drug-likeness (QED) is 0.722. The van der Waals surface area contributed by atoms with Crippen LogP contribution in [0.1, 0.15) is 49.8 Å². The molecule has 6 nitrogen and oxygen atoms in total. The van der Waals surface area contributed by atoms with Gasteiger partial charge < -0.3 is 13.9 Å². The molecule has 3 aromatic rings. The van der Waals surface area contributed by atoms with Crippen LogP contribution in [-0.4, -0.2) is 26.3 Å². The number of aryl methyl sites for hydroxylation is 1. The van der Waals surface area contributed by atoms with Gasteiger partial charge in [-0.25, -0.2) is 0 Å². The van der Waals surface area contributed by atoms with Crippen LogP contribution < -0.4 is 4.90 Å². The van der Waals surface area contributed by atoms with Gasteiger partial charge in [0, 0.05) is 19.5 Å². The molecule has 5 rings (SSSR count). The number of aromatic nitrogens is 4. The second-order valence-corrected chi connectivity index (χ2v) is 6.75. The van der Waals surface area contributed by atoms with Crippen molar-refractivity contribution in [3.8, 4) is 0 Å². The minimum atomic E-state index is 0.220. The Morgan fingerprint density at radius 1 is 1.00 bits per heavy atom. The van der Waals surface area contributed by atoms with Crippen molar-refractivity contribution in [2.24, 2.45) is 0 Å². The van der Waals surface area contributed by atoms with Crippen LogP contribution in [0, 0.1) is 0 Å². The summed E-state index contributed by atoms with van der Waals surface area (Å²) < 4.78 is 8.35. The second kappa shape index (κ2) is 5.61. The number of hydrogen-bond donors (Lipinski definition) is 0. The molecule has 24 heavy (non-hydrogen) atoms. The molecule has 2 aromatic heterocycles. The number of benzene rings is 1. The summed E-state index contributed by atoms with van der Waals surface area (Å²) in [6.45, 7) is 2.00. The average molecular weight is 323 g/mol. The van der Waals surface area contributed by atoms with E-state index in [0.717, 1.165) is 55.1 Å². The van der Waals surface area contributed by atoms with Crippen molar-refractivity contribution in [3.63, 3.8) is 0 Å². The number of hydrogen-bond acceptors (Lipinski definition) is 5. The molecule has 0 spiro atoms. The highest BCUT2D eigenvalue weighted by atomic mass is 16.4. The van der Waals surface area contributed by atoms with Crippen molar-refractivity contribution in [2.45, 2.75) is 51.1 Å². The Labute approximate surface area is 140 Å². The number of nitrogens with zero attached hydrogens (tertiary/aromatic N) is 5. The molecule has 124 valence electrons. The summed E-state index contributed by atoms with van der Waals surface area (Å²) >= 11 is 0. The lowest BCUT2D eigenvalue weighted by Crippen LogP contribution is -2.25. The molecular weight excluding hydrogens is 302 g/mol. The Bertz CT molecular complexity index is 834. The molecule has 1 saturated heterocycles. The predicted molar refractivity (Wildman–Crippen MR) is 90.9 cm³/mol. The molecule has 0 N–H and O–H groups in total. The lowest BCUT2D eigenvalue weighted by atomic mass is 10.2. The molecular formula is C18H21N5O. The first kappa shape index (κ1) is 14.0. The van der Waals surface area contributed by atoms with Crippen molar-refractivity contribution in [1.82, 2.24) is 19.7 Å². The summed E-state index contributed by atoms with van der Waals surface area (Å²) in [7, 11) is 0. The maximum absolute atomic E-state index is 6.01. The molecule has 1 atom stereocenters. The van der Waals surface area contributed by atoms with E-state index in [-0.39, 0.29) is 6.04 Å². The van der Waals surface area contributed by atoms with E-state index in [0.29, 0.717) is 6.01 Å². The van der Waals surface area contributed by atoms with Gasteiger partial charge in [0.2, 0.25) is 0 Å². The summed E-state index contributed by atoms with van der Waals surface area (Å²) in [4.78, 5) is 6.95. The molecule has 4 heterocycles. The Balaban J connectivity index is 1.52. The van der Waals surface area contributed by atoms with Gasteiger partial charge in [0.1, 0.15) is 11.3 Å². The summed E-state index contributed by atoms with van der Waals surface area (Å²) in [5.41, 5.74) is 1.76. The van der Waals surface area contributed by atoms with Gasteiger partial charge in [-0.3, -0.25) is 0 Å². The number of para-hydroxylation sites is 2. The number of oxazole rings is 1. The largest absolute Gasteiger partial charge is 0.423 e. The minimum absolute atomic E-state index is 0.220. The predicted octanol–water partition coefficient (Wildman–Crippen LogP) is 3.49. The van der Waals surface area contributed by atoms with Gasteiger partial charge in [-0.1, -0.05) is 18.6 Å². The maximum Gasteiger partial charge on any atom is 0.299 e. The number of fused-ring (bicyclic) bond motifs is 2. The zero-order valence-corrected chi connectivity index (χ0v) is 13.7. The van der Waals surface area contributed by atoms with Gasteiger partial charge >= 0.3 is 0 Å². The fourth-order valence-electron chi connectivity index (χ4n) is 4.00. The first-order chi connectivity index (χ1) is 11.9. The molecule has 6 heteroatoms. The van der Waals surface area contributed by atoms with E-state index in [2.05, 4.69) is 24.6 Å². The Morgan fingerprint density at radius 3 is 2.92 bits per heavy atom. The molecule has 0 saturated carbocycles. The third kappa shape index (κ3) is 2.20. The Kier molecular flexibility index (Phi) is 3.28. The van der Waals surface area contributed by atoms with Crippen LogP contribution in [0.4, 0.5) is 6.01 Å². The number of anilines is 1. The van der Waals surface area contributed by atoms with Gasteiger partial charge in [0.25, 0.3) is 6.01 Å². The highest BCUT2D eigenvalue weighted by molar-refractivity contribution is 5.74. The van der Waals surface area contributed by atoms with Crippen LogP contribution in [0.3, 0.4) is 0 Å². The van der Waals surface area contributed by atoms with E-state index >= 15 is 0 Å². The third-order valence-electron chi connectivity index (χ3n) is 5.22. The van der Waals surface area contributed by atoms with Crippen molar-refractivity contribution < 1.29 is 4.42 Å². The van der Waals surface area contributed by atoms with Gasteiger partial charge in [-0.2, -0.15) is 4.98 Å². The lowest BCUT2D eigenvalue weighted by Gasteiger charge is -2.22. The summed E-state index contributed by atoms with van der Waals surface area (Å²) in [5.74, 6) is 2.23. The fourth-order valence-corrected chi connectivity index (χ4v) is 4.00. The summed E-state index contributed by atoms with van der Waals surface area (Å²) in [6, 6.07) is 8.88. The van der Waals surface area contributed by atoms with Crippen LogP contribution in [0.15, 0.2) is 28.7 Å². The average Bonchev–Trinajstić information content (AvgIpc) is 3.28. The maximum atomic E-state index is 6.01. The molecule has 1 fully saturated rings. The summed E-state index contributed by atoms with van der Waals surface area (Å²) in [6.07, 6.45) is 6.97. The van der Waals surface area contributed by atoms with Gasteiger partial charge in [-0.05, 0) is 37.8 Å². The molecule has 0 radical (unpaired) electrons. The monoisotopic (exact) mass is 323 g/mol. The Hall–Kier alpha value is -2.37. The molecule has 0 aliphatic carbocycles. The smallest absolute Gasteiger partial charge is 0.299 e. The molecule has 1 aromatic carbocycles. The first-order valence-corrected chi connectivity index (χ1v) is 8.94. The van der Waals surface area contributed by atoms with Gasteiger partial charge in [-0.15, -0.1) is 10.2 Å². The van der Waals surface area contributed by atoms with E-state index in [1.807, 2.05) is 24.3 Å². The van der Waals surface area contributed by atoms with Gasteiger partial charge in [0.15, 0.2) is 11.4 Å². The lowest BCUT2D eigenvalue weighted by molar-refractivity contribution is 0.520. The van der Waals surface area contributed by atoms with E-state index < -0.39 is 0 Å². The number of rotatable bonds is 2. The molecule has 0 bridgehead atoms.